The van der Waals surface area contributed by atoms with E-state index >= 15 is 0 Å². The predicted octanol–water partition coefficient (Wildman–Crippen LogP) is 2.81. The number of esters is 1. The van der Waals surface area contributed by atoms with Crippen LogP contribution < -0.4 is 0 Å². The van der Waals surface area contributed by atoms with Gasteiger partial charge in [0.05, 0.1) is 6.61 Å². The minimum atomic E-state index is -0.935. The van der Waals surface area contributed by atoms with Gasteiger partial charge < -0.3 is 14.9 Å². The van der Waals surface area contributed by atoms with E-state index in [1.807, 2.05) is 6.92 Å². The monoisotopic (exact) mass is 300 g/mol. The number of ether oxygens (including phenoxy) is 1. The Morgan fingerprint density at radius 3 is 1.57 bits per heavy atom. The molecule has 0 heterocycles. The van der Waals surface area contributed by atoms with E-state index in [0.29, 0.717) is 6.61 Å². The zero-order valence-electron chi connectivity index (χ0n) is 12.8. The van der Waals surface area contributed by atoms with Crippen molar-refractivity contribution in [3.63, 3.8) is 0 Å². The van der Waals surface area contributed by atoms with Crippen LogP contribution in [0.5, 0.6) is 0 Å². The summed E-state index contributed by atoms with van der Waals surface area (Å²) in [4.78, 5) is 29.5. The second kappa shape index (κ2) is 15.7. The molecule has 0 aromatic heterocycles. The number of carbonyl (C=O) groups is 3. The first-order valence-electron chi connectivity index (χ1n) is 6.16. The first kappa shape index (κ1) is 23.7. The van der Waals surface area contributed by atoms with E-state index in [4.69, 9.17) is 10.2 Å². The fourth-order valence-corrected chi connectivity index (χ4v) is 0.376. The van der Waals surface area contributed by atoms with Crippen LogP contribution in [0.1, 0.15) is 33.6 Å². The van der Waals surface area contributed by atoms with Gasteiger partial charge in [0.15, 0.2) is 0 Å². The van der Waals surface area contributed by atoms with E-state index in [2.05, 4.69) is 24.5 Å². The summed E-state index contributed by atoms with van der Waals surface area (Å²) >= 11 is 0. The van der Waals surface area contributed by atoms with E-state index in [0.717, 1.165) is 12.8 Å². The molecule has 6 nitrogen and oxygen atoms in total. The van der Waals surface area contributed by atoms with Gasteiger partial charge in [0.25, 0.3) is 0 Å². The molecule has 0 fully saturated rings. The van der Waals surface area contributed by atoms with Crippen LogP contribution in [0.15, 0.2) is 37.0 Å². The molecule has 0 aromatic carbocycles. The number of rotatable bonds is 6. The Balaban J connectivity index is -0.000000240. The fourth-order valence-electron chi connectivity index (χ4n) is 0.376. The molecule has 0 aliphatic heterocycles. The zero-order chi connectivity index (χ0) is 17.4. The highest BCUT2D eigenvalue weighted by Gasteiger charge is 1.91. The maximum Gasteiger partial charge on any atom is 0.330 e. The van der Waals surface area contributed by atoms with Crippen molar-refractivity contribution in [3.8, 4) is 0 Å². The first-order chi connectivity index (χ1) is 9.59. The Morgan fingerprint density at radius 1 is 1.05 bits per heavy atom. The Kier molecular flexibility index (Phi) is 17.7. The van der Waals surface area contributed by atoms with Gasteiger partial charge in [-0.1, -0.05) is 33.1 Å². The quantitative estimate of drug-likeness (QED) is 0.444. The summed E-state index contributed by atoms with van der Waals surface area (Å²) in [6, 6.07) is 0. The Bertz CT molecular complexity index is 334. The average molecular weight is 300 g/mol. The summed E-state index contributed by atoms with van der Waals surface area (Å²) in [6.45, 7) is 15.0. The van der Waals surface area contributed by atoms with Crippen molar-refractivity contribution in [1.82, 2.24) is 0 Å². The molecule has 0 radical (unpaired) electrons. The molecule has 0 amide bonds. The normalized spacial score (nSPS) is 7.95. The van der Waals surface area contributed by atoms with Gasteiger partial charge in [0.1, 0.15) is 0 Å². The van der Waals surface area contributed by atoms with Gasteiger partial charge in [0, 0.05) is 17.2 Å². The summed E-state index contributed by atoms with van der Waals surface area (Å²) in [7, 11) is 0. The van der Waals surface area contributed by atoms with Crippen molar-refractivity contribution in [2.75, 3.05) is 6.61 Å². The van der Waals surface area contributed by atoms with E-state index < -0.39 is 11.9 Å². The minimum absolute atomic E-state index is 0.176. The number of hydrogen-bond donors (Lipinski definition) is 2. The molecular formula is C15H24O6. The number of hydrogen-bond acceptors (Lipinski definition) is 4. The highest BCUT2D eigenvalue weighted by Crippen LogP contribution is 1.88. The highest BCUT2D eigenvalue weighted by atomic mass is 16.5. The smallest absolute Gasteiger partial charge is 0.330 e. The van der Waals surface area contributed by atoms with Crippen molar-refractivity contribution in [2.45, 2.75) is 33.6 Å². The van der Waals surface area contributed by atoms with Crippen LogP contribution in [0.25, 0.3) is 0 Å². The Morgan fingerprint density at radius 2 is 1.38 bits per heavy atom. The van der Waals surface area contributed by atoms with E-state index in [-0.39, 0.29) is 17.1 Å². The van der Waals surface area contributed by atoms with Gasteiger partial charge in [-0.3, -0.25) is 0 Å². The largest absolute Gasteiger partial charge is 0.478 e. The lowest BCUT2D eigenvalue weighted by atomic mass is 10.4. The molecule has 6 heteroatoms. The third kappa shape index (κ3) is 27.0. The molecule has 0 spiro atoms. The van der Waals surface area contributed by atoms with Gasteiger partial charge in [-0.2, -0.15) is 0 Å². The lowest BCUT2D eigenvalue weighted by Crippen LogP contribution is -2.00. The third-order valence-corrected chi connectivity index (χ3v) is 1.64. The van der Waals surface area contributed by atoms with Gasteiger partial charge in [-0.25, -0.2) is 14.4 Å². The standard InChI is InChI=1S/C7H12O2.2C4H6O2/c1-3-5-6-9-7(8)4-2;2*1-3(2)4(5)6/h4H,2-3,5-6H2,1H3;2*1H2,2H3,(H,5,6). The number of aliphatic carboxylic acids is 2. The highest BCUT2D eigenvalue weighted by molar-refractivity contribution is 5.85. The predicted molar refractivity (Wildman–Crippen MR) is 81.0 cm³/mol. The van der Waals surface area contributed by atoms with Crippen molar-refractivity contribution in [3.05, 3.63) is 37.0 Å². The average Bonchev–Trinajstić information content (AvgIpc) is 2.39. The Labute approximate surface area is 125 Å². The third-order valence-electron chi connectivity index (χ3n) is 1.64. The number of carboxylic acid groups (broad SMARTS) is 2. The molecule has 0 bridgehead atoms. The fraction of sp³-hybridized carbons (Fsp3) is 0.400. The molecule has 0 aliphatic carbocycles. The molecule has 0 aromatic rings. The molecule has 21 heavy (non-hydrogen) atoms. The summed E-state index contributed by atoms with van der Waals surface area (Å²) in [5.41, 5.74) is 0.352. The van der Waals surface area contributed by atoms with E-state index in [9.17, 15) is 14.4 Å². The lowest BCUT2D eigenvalue weighted by Gasteiger charge is -1.97. The molecule has 0 unspecified atom stereocenters. The van der Waals surface area contributed by atoms with Crippen molar-refractivity contribution < 1.29 is 29.3 Å². The number of carbonyl (C=O) groups excluding carboxylic acids is 1. The van der Waals surface area contributed by atoms with Crippen LogP contribution >= 0.6 is 0 Å². The first-order valence-corrected chi connectivity index (χ1v) is 6.16. The van der Waals surface area contributed by atoms with Crippen LogP contribution in [0, 0.1) is 0 Å². The van der Waals surface area contributed by atoms with Gasteiger partial charge >= 0.3 is 17.9 Å². The second-order valence-electron chi connectivity index (χ2n) is 3.90. The maximum absolute atomic E-state index is 10.3. The van der Waals surface area contributed by atoms with Crippen LogP contribution in [0.3, 0.4) is 0 Å². The molecule has 2 N–H and O–H groups in total. The topological polar surface area (TPSA) is 101 Å². The molecule has 0 rings (SSSR count). The van der Waals surface area contributed by atoms with Crippen LogP contribution in [-0.4, -0.2) is 34.7 Å². The number of unbranched alkanes of at least 4 members (excludes halogenated alkanes) is 1. The summed E-state index contributed by atoms with van der Waals surface area (Å²) < 4.78 is 4.67. The molecule has 120 valence electrons. The second-order valence-corrected chi connectivity index (χ2v) is 3.90. The van der Waals surface area contributed by atoms with E-state index in [1.54, 1.807) is 0 Å². The summed E-state index contributed by atoms with van der Waals surface area (Å²) in [6.07, 6.45) is 3.15. The SMILES string of the molecule is C=C(C)C(=O)O.C=C(C)C(=O)O.C=CC(=O)OCCCC. The van der Waals surface area contributed by atoms with Crippen LogP contribution in [-0.2, 0) is 19.1 Å². The number of carboxylic acids is 2. The molecule has 0 saturated heterocycles. The Hall–Kier alpha value is -2.37. The molecule has 0 saturated carbocycles. The van der Waals surface area contributed by atoms with Crippen LogP contribution in [0.4, 0.5) is 0 Å². The maximum atomic E-state index is 10.3. The van der Waals surface area contributed by atoms with Crippen molar-refractivity contribution >= 4 is 17.9 Å². The van der Waals surface area contributed by atoms with Crippen molar-refractivity contribution in [1.29, 1.82) is 0 Å². The van der Waals surface area contributed by atoms with Gasteiger partial charge in [0.2, 0.25) is 0 Å². The van der Waals surface area contributed by atoms with Gasteiger partial charge in [-0.15, -0.1) is 0 Å². The molecular weight excluding hydrogens is 276 g/mol. The molecule has 0 aliphatic rings. The summed E-state index contributed by atoms with van der Waals surface area (Å²) in [5.74, 6) is -2.20. The zero-order valence-corrected chi connectivity index (χ0v) is 12.8. The van der Waals surface area contributed by atoms with Crippen molar-refractivity contribution in [2.24, 2.45) is 0 Å². The minimum Gasteiger partial charge on any atom is -0.478 e. The van der Waals surface area contributed by atoms with E-state index in [1.165, 1.54) is 19.9 Å². The van der Waals surface area contributed by atoms with Crippen LogP contribution in [0.2, 0.25) is 0 Å². The summed E-state index contributed by atoms with van der Waals surface area (Å²) in [5, 5.41) is 15.8. The molecule has 0 atom stereocenters. The van der Waals surface area contributed by atoms with Gasteiger partial charge in [-0.05, 0) is 20.3 Å². The lowest BCUT2D eigenvalue weighted by molar-refractivity contribution is -0.138.